The minimum Gasteiger partial charge on any atom is -0.495 e. The highest BCUT2D eigenvalue weighted by molar-refractivity contribution is 7.99. The number of halogens is 1. The lowest BCUT2D eigenvalue weighted by atomic mass is 10.2. The van der Waals surface area contributed by atoms with Gasteiger partial charge in [-0.3, -0.25) is 14.2 Å². The molecule has 3 aromatic rings. The Morgan fingerprint density at radius 3 is 2.66 bits per heavy atom. The highest BCUT2D eigenvalue weighted by atomic mass is 35.5. The van der Waals surface area contributed by atoms with Crippen LogP contribution in [0, 0.1) is 6.92 Å². The molecule has 0 unspecified atom stereocenters. The van der Waals surface area contributed by atoms with Gasteiger partial charge in [0.2, 0.25) is 5.91 Å². The predicted octanol–water partition coefficient (Wildman–Crippen LogP) is 2.88. The monoisotopic (exact) mass is 495 g/mol. The van der Waals surface area contributed by atoms with Gasteiger partial charge in [-0.05, 0) is 48.9 Å². The second kappa shape index (κ2) is 10.7. The van der Waals surface area contributed by atoms with E-state index in [9.17, 15) is 13.2 Å². The van der Waals surface area contributed by atoms with Crippen molar-refractivity contribution in [3.63, 3.8) is 0 Å². The number of hydrogen-bond donors (Lipinski definition) is 2. The van der Waals surface area contributed by atoms with Gasteiger partial charge in [0.05, 0.1) is 12.8 Å². The largest absolute Gasteiger partial charge is 0.495 e. The number of carbonyl (C=O) groups excluding carboxylic acids is 1. The first kappa shape index (κ1) is 23.9. The van der Waals surface area contributed by atoms with Gasteiger partial charge in [-0.1, -0.05) is 29.4 Å². The Bertz CT molecular complexity index is 1160. The van der Waals surface area contributed by atoms with E-state index in [1.807, 2.05) is 0 Å². The molecule has 0 fully saturated rings. The van der Waals surface area contributed by atoms with Gasteiger partial charge < -0.3 is 10.1 Å². The van der Waals surface area contributed by atoms with Gasteiger partial charge in [-0.25, -0.2) is 13.4 Å². The van der Waals surface area contributed by atoms with Crippen LogP contribution in [0.3, 0.4) is 0 Å². The molecular weight excluding hydrogens is 474 g/mol. The van der Waals surface area contributed by atoms with Gasteiger partial charge in [0.15, 0.2) is 5.16 Å². The smallest absolute Gasteiger partial charge is 0.268 e. The molecule has 1 amide bonds. The summed E-state index contributed by atoms with van der Waals surface area (Å²) in [5, 5.41) is 10.3. The number of amides is 1. The first-order chi connectivity index (χ1) is 15.3. The third kappa shape index (κ3) is 5.93. The molecule has 0 bridgehead atoms. The van der Waals surface area contributed by atoms with Crippen LogP contribution in [-0.4, -0.2) is 55.5 Å². The molecule has 0 radical (unpaired) electrons. The third-order valence-corrected chi connectivity index (χ3v) is 7.27. The zero-order chi connectivity index (χ0) is 23.1. The Kier molecular flexibility index (Phi) is 7.99. The number of methoxy groups -OCH3 is 1. The van der Waals surface area contributed by atoms with Crippen molar-refractivity contribution in [3.05, 3.63) is 59.4 Å². The van der Waals surface area contributed by atoms with Crippen LogP contribution >= 0.6 is 23.4 Å². The number of aryl methyl sites for hydroxylation is 1. The molecule has 0 saturated carbocycles. The van der Waals surface area contributed by atoms with Crippen LogP contribution in [0.2, 0.25) is 5.02 Å². The normalized spacial score (nSPS) is 11.2. The lowest BCUT2D eigenvalue weighted by Gasteiger charge is -2.25. The second-order valence-corrected chi connectivity index (χ2v) is 9.98. The number of benzene rings is 2. The summed E-state index contributed by atoms with van der Waals surface area (Å²) in [6, 6.07) is 11.1. The zero-order valence-electron chi connectivity index (χ0n) is 17.4. The molecule has 12 heteroatoms. The summed E-state index contributed by atoms with van der Waals surface area (Å²) >= 11 is 7.35. The van der Waals surface area contributed by atoms with Gasteiger partial charge in [-0.15, -0.1) is 0 Å². The van der Waals surface area contributed by atoms with Crippen molar-refractivity contribution in [2.75, 3.05) is 30.3 Å². The Hall–Kier alpha value is -2.76. The second-order valence-electron chi connectivity index (χ2n) is 6.63. The number of carbonyl (C=O) groups is 1. The Morgan fingerprint density at radius 2 is 2.00 bits per heavy atom. The lowest BCUT2D eigenvalue weighted by Crippen LogP contribution is -2.41. The van der Waals surface area contributed by atoms with Gasteiger partial charge in [0, 0.05) is 17.3 Å². The number of nitrogens with zero attached hydrogens (tertiary/aromatic N) is 3. The van der Waals surface area contributed by atoms with E-state index < -0.39 is 22.5 Å². The topological polar surface area (TPSA) is 117 Å². The summed E-state index contributed by atoms with van der Waals surface area (Å²) in [5.74, 6) is 0.284. The molecule has 0 spiro atoms. The average molecular weight is 496 g/mol. The molecule has 1 aromatic heterocycles. The van der Waals surface area contributed by atoms with Crippen molar-refractivity contribution in [3.8, 4) is 5.75 Å². The van der Waals surface area contributed by atoms with Crippen LogP contribution in [0.15, 0.2) is 58.8 Å². The minimum absolute atomic E-state index is 0.0244. The van der Waals surface area contributed by atoms with E-state index in [1.165, 1.54) is 31.3 Å². The summed E-state index contributed by atoms with van der Waals surface area (Å²) in [4.78, 5) is 16.6. The number of H-pyrrole nitrogens is 1. The molecule has 9 nitrogen and oxygen atoms in total. The van der Waals surface area contributed by atoms with E-state index in [0.717, 1.165) is 9.87 Å². The van der Waals surface area contributed by atoms with E-state index >= 15 is 0 Å². The number of ether oxygens (including phenoxy) is 1. The fourth-order valence-corrected chi connectivity index (χ4v) is 5.24. The number of rotatable bonds is 10. The van der Waals surface area contributed by atoms with Gasteiger partial charge in [-0.2, -0.15) is 5.10 Å². The van der Waals surface area contributed by atoms with Crippen molar-refractivity contribution in [2.24, 2.45) is 0 Å². The predicted molar refractivity (Wildman–Crippen MR) is 124 cm³/mol. The highest BCUT2D eigenvalue weighted by Gasteiger charge is 2.30. The van der Waals surface area contributed by atoms with Crippen molar-refractivity contribution < 1.29 is 17.9 Å². The lowest BCUT2D eigenvalue weighted by molar-refractivity contribution is -0.119. The van der Waals surface area contributed by atoms with Crippen molar-refractivity contribution in [1.29, 1.82) is 0 Å². The maximum Gasteiger partial charge on any atom is 0.268 e. The summed E-state index contributed by atoms with van der Waals surface area (Å²) in [6.07, 6.45) is 1.40. The van der Waals surface area contributed by atoms with Crippen LogP contribution < -0.4 is 14.4 Å². The van der Waals surface area contributed by atoms with E-state index in [-0.39, 0.29) is 10.6 Å². The van der Waals surface area contributed by atoms with Gasteiger partial charge >= 0.3 is 0 Å². The summed E-state index contributed by atoms with van der Waals surface area (Å²) in [6.45, 7) is 1.70. The van der Waals surface area contributed by atoms with Gasteiger partial charge in [0.25, 0.3) is 10.0 Å². The van der Waals surface area contributed by atoms with Crippen molar-refractivity contribution in [2.45, 2.75) is 17.0 Å². The Labute approximate surface area is 195 Å². The third-order valence-electron chi connectivity index (χ3n) is 4.34. The number of aromatic amines is 1. The van der Waals surface area contributed by atoms with E-state index in [4.69, 9.17) is 16.3 Å². The highest BCUT2D eigenvalue weighted by Crippen LogP contribution is 2.31. The van der Waals surface area contributed by atoms with E-state index in [1.54, 1.807) is 43.3 Å². The number of anilines is 1. The summed E-state index contributed by atoms with van der Waals surface area (Å²) in [7, 11) is -2.72. The molecule has 1 heterocycles. The van der Waals surface area contributed by atoms with Crippen LogP contribution in [-0.2, 0) is 14.8 Å². The summed E-state index contributed by atoms with van der Waals surface area (Å²) < 4.78 is 33.5. The maximum absolute atomic E-state index is 13.6. The number of sulfonamides is 1. The molecule has 0 atom stereocenters. The van der Waals surface area contributed by atoms with Crippen LogP contribution in [0.4, 0.5) is 5.69 Å². The first-order valence-electron chi connectivity index (χ1n) is 9.49. The molecule has 0 aliphatic carbocycles. The summed E-state index contributed by atoms with van der Waals surface area (Å²) in [5.41, 5.74) is 1.05. The zero-order valence-corrected chi connectivity index (χ0v) is 19.8. The molecular formula is C20H22ClN5O4S2. The van der Waals surface area contributed by atoms with Crippen molar-refractivity contribution >= 4 is 45.0 Å². The standard InChI is InChI=1S/C20H22ClN5O4S2/c1-14-3-8-17(30-2)18(11-14)32(28,29)26(16-6-4-15(21)5-7-16)12-19(27)22-9-10-31-20-23-13-24-25-20/h3-8,11,13H,9-10,12H2,1-2H3,(H,22,27)(H,23,24,25). The molecule has 2 aromatic carbocycles. The quantitative estimate of drug-likeness (QED) is 0.328. The first-order valence-corrected chi connectivity index (χ1v) is 12.3. The molecule has 3 rings (SSSR count). The molecule has 170 valence electrons. The molecule has 0 aliphatic heterocycles. The average Bonchev–Trinajstić information content (AvgIpc) is 3.29. The Morgan fingerprint density at radius 1 is 1.25 bits per heavy atom. The van der Waals surface area contributed by atoms with Crippen LogP contribution in [0.25, 0.3) is 0 Å². The number of nitrogens with one attached hydrogen (secondary N) is 2. The number of hydrogen-bond acceptors (Lipinski definition) is 7. The number of thioether (sulfide) groups is 1. The minimum atomic E-state index is -4.12. The Balaban J connectivity index is 1.81. The van der Waals surface area contributed by atoms with Crippen LogP contribution in [0.1, 0.15) is 5.56 Å². The molecule has 0 aliphatic rings. The van der Waals surface area contributed by atoms with Crippen LogP contribution in [0.5, 0.6) is 5.75 Å². The fourth-order valence-electron chi connectivity index (χ4n) is 2.81. The molecule has 2 N–H and O–H groups in total. The van der Waals surface area contributed by atoms with Gasteiger partial charge in [0.1, 0.15) is 23.5 Å². The SMILES string of the molecule is COc1ccc(C)cc1S(=O)(=O)N(CC(=O)NCCSc1ncn[nH]1)c1ccc(Cl)cc1. The van der Waals surface area contributed by atoms with Crippen molar-refractivity contribution in [1.82, 2.24) is 20.5 Å². The number of aromatic nitrogens is 3. The fraction of sp³-hybridized carbons (Fsp3) is 0.250. The maximum atomic E-state index is 13.6. The molecule has 0 saturated heterocycles. The molecule has 32 heavy (non-hydrogen) atoms. The van der Waals surface area contributed by atoms with E-state index in [2.05, 4.69) is 20.5 Å². The van der Waals surface area contributed by atoms with E-state index in [0.29, 0.717) is 28.2 Å².